The van der Waals surface area contributed by atoms with E-state index in [1.54, 1.807) is 18.2 Å². The van der Waals surface area contributed by atoms with Crippen LogP contribution >= 0.6 is 0 Å². The van der Waals surface area contributed by atoms with Crippen molar-refractivity contribution in [3.8, 4) is 0 Å². The van der Waals surface area contributed by atoms with Gasteiger partial charge in [-0.15, -0.1) is 0 Å². The monoisotopic (exact) mass is 445 g/mol. The van der Waals surface area contributed by atoms with Gasteiger partial charge in [0, 0.05) is 31.5 Å². The fourth-order valence-electron chi connectivity index (χ4n) is 3.38. The smallest absolute Gasteiger partial charge is 0.243 e. The minimum Gasteiger partial charge on any atom is -0.383 e. The Hall–Kier alpha value is -2.75. The molecule has 0 aliphatic carbocycles. The number of sulfonamides is 1. The van der Waals surface area contributed by atoms with Crippen LogP contribution < -0.4 is 10.6 Å². The summed E-state index contributed by atoms with van der Waals surface area (Å²) in [5.74, 6) is -0.522. The van der Waals surface area contributed by atoms with Crippen LogP contribution in [0.4, 0.5) is 11.4 Å². The zero-order valence-corrected chi connectivity index (χ0v) is 18.7. The van der Waals surface area contributed by atoms with Crippen molar-refractivity contribution in [1.29, 1.82) is 0 Å². The average molecular weight is 446 g/mol. The first-order chi connectivity index (χ1) is 14.7. The lowest BCUT2D eigenvalue weighted by molar-refractivity contribution is -0.117. The standard InChI is InChI=1S/C22H27N3O5S/c1-15-5-4-6-19(16(15)2)23-22(27)14-25(11-12-30-3)31(28,29)18-8-9-20-17(13-18)7-10-21(26)24-20/h4-6,8-9,13H,7,10-12,14H2,1-3H3,(H,23,27)(H,24,26). The molecule has 0 atom stereocenters. The molecule has 1 aliphatic rings. The highest BCUT2D eigenvalue weighted by Gasteiger charge is 2.28. The second-order valence-corrected chi connectivity index (χ2v) is 9.43. The van der Waals surface area contributed by atoms with E-state index in [9.17, 15) is 18.0 Å². The molecule has 1 aliphatic heterocycles. The Balaban J connectivity index is 1.83. The number of rotatable bonds is 8. The predicted molar refractivity (Wildman–Crippen MR) is 119 cm³/mol. The van der Waals surface area contributed by atoms with E-state index < -0.39 is 15.9 Å². The molecule has 0 fully saturated rings. The Kier molecular flexibility index (Phi) is 7.09. The third kappa shape index (κ3) is 5.30. The Morgan fingerprint density at radius 2 is 1.97 bits per heavy atom. The van der Waals surface area contributed by atoms with Crippen molar-refractivity contribution < 1.29 is 22.7 Å². The summed E-state index contributed by atoms with van der Waals surface area (Å²) in [6.07, 6.45) is 0.776. The normalized spacial score (nSPS) is 13.6. The molecule has 0 saturated heterocycles. The Morgan fingerprint density at radius 1 is 1.19 bits per heavy atom. The zero-order chi connectivity index (χ0) is 22.6. The van der Waals surface area contributed by atoms with Crippen molar-refractivity contribution in [2.45, 2.75) is 31.6 Å². The van der Waals surface area contributed by atoms with E-state index in [4.69, 9.17) is 4.74 Å². The molecule has 2 amide bonds. The summed E-state index contributed by atoms with van der Waals surface area (Å²) in [5.41, 5.74) is 3.99. The molecule has 0 unspecified atom stereocenters. The van der Waals surface area contributed by atoms with Crippen molar-refractivity contribution >= 4 is 33.2 Å². The molecule has 0 aromatic heterocycles. The molecule has 2 aromatic carbocycles. The minimum atomic E-state index is -3.95. The third-order valence-corrected chi connectivity index (χ3v) is 7.19. The highest BCUT2D eigenvalue weighted by molar-refractivity contribution is 7.89. The summed E-state index contributed by atoms with van der Waals surface area (Å²) in [4.78, 5) is 24.3. The van der Waals surface area contributed by atoms with Crippen LogP contribution in [0.25, 0.3) is 0 Å². The number of methoxy groups -OCH3 is 1. The lowest BCUT2D eigenvalue weighted by Crippen LogP contribution is -2.40. The van der Waals surface area contributed by atoms with E-state index in [2.05, 4.69) is 10.6 Å². The number of carbonyl (C=O) groups is 2. The van der Waals surface area contributed by atoms with Gasteiger partial charge in [-0.3, -0.25) is 9.59 Å². The molecular formula is C22H27N3O5S. The highest BCUT2D eigenvalue weighted by atomic mass is 32.2. The van der Waals surface area contributed by atoms with Crippen molar-refractivity contribution in [2.75, 3.05) is 37.4 Å². The largest absolute Gasteiger partial charge is 0.383 e. The molecule has 0 spiro atoms. The summed E-state index contributed by atoms with van der Waals surface area (Å²) in [6, 6.07) is 10.2. The van der Waals surface area contributed by atoms with Crippen LogP contribution in [-0.4, -0.2) is 51.3 Å². The lowest BCUT2D eigenvalue weighted by Gasteiger charge is -2.23. The van der Waals surface area contributed by atoms with Crippen LogP contribution in [0.5, 0.6) is 0 Å². The lowest BCUT2D eigenvalue weighted by atomic mass is 10.0. The van der Waals surface area contributed by atoms with E-state index in [-0.39, 0.29) is 30.5 Å². The number of hydrogen-bond acceptors (Lipinski definition) is 5. The van der Waals surface area contributed by atoms with E-state index in [0.717, 1.165) is 21.0 Å². The van der Waals surface area contributed by atoms with Crippen LogP contribution in [0.1, 0.15) is 23.1 Å². The molecule has 9 heteroatoms. The van der Waals surface area contributed by atoms with Crippen LogP contribution in [0, 0.1) is 13.8 Å². The first-order valence-corrected chi connectivity index (χ1v) is 11.4. The van der Waals surface area contributed by atoms with Gasteiger partial charge in [-0.1, -0.05) is 12.1 Å². The molecule has 0 bridgehead atoms. The average Bonchev–Trinajstić information content (AvgIpc) is 2.73. The first kappa shape index (κ1) is 22.9. The van der Waals surface area contributed by atoms with Crippen LogP contribution in [0.2, 0.25) is 0 Å². The second kappa shape index (κ2) is 9.59. The number of nitrogens with one attached hydrogen (secondary N) is 2. The zero-order valence-electron chi connectivity index (χ0n) is 17.9. The number of nitrogens with zero attached hydrogens (tertiary/aromatic N) is 1. The molecule has 2 aromatic rings. The molecular weight excluding hydrogens is 418 g/mol. The van der Waals surface area contributed by atoms with Gasteiger partial charge in [0.2, 0.25) is 21.8 Å². The van der Waals surface area contributed by atoms with E-state index in [0.29, 0.717) is 24.2 Å². The van der Waals surface area contributed by atoms with Crippen molar-refractivity contribution in [3.63, 3.8) is 0 Å². The fraction of sp³-hybridized carbons (Fsp3) is 0.364. The quantitative estimate of drug-likeness (QED) is 0.650. The number of aryl methyl sites for hydroxylation is 2. The molecule has 8 nitrogen and oxygen atoms in total. The van der Waals surface area contributed by atoms with Crippen molar-refractivity contribution in [1.82, 2.24) is 4.31 Å². The van der Waals surface area contributed by atoms with Crippen LogP contribution in [-0.2, 0) is 30.8 Å². The predicted octanol–water partition coefficient (Wildman–Crippen LogP) is 2.46. The Morgan fingerprint density at radius 3 is 2.71 bits per heavy atom. The SMILES string of the molecule is COCCN(CC(=O)Nc1cccc(C)c1C)S(=O)(=O)c1ccc2c(c1)CCC(=O)N2. The van der Waals surface area contributed by atoms with Gasteiger partial charge in [0.25, 0.3) is 0 Å². The molecule has 2 N–H and O–H groups in total. The summed E-state index contributed by atoms with van der Waals surface area (Å²) in [6.45, 7) is 3.69. The molecule has 166 valence electrons. The molecule has 1 heterocycles. The number of benzene rings is 2. The van der Waals surface area contributed by atoms with E-state index in [1.165, 1.54) is 13.2 Å². The maximum atomic E-state index is 13.3. The number of carbonyl (C=O) groups excluding carboxylic acids is 2. The van der Waals surface area contributed by atoms with Gasteiger partial charge in [-0.2, -0.15) is 4.31 Å². The van der Waals surface area contributed by atoms with E-state index in [1.807, 2.05) is 26.0 Å². The van der Waals surface area contributed by atoms with Crippen LogP contribution in [0.3, 0.4) is 0 Å². The third-order valence-electron chi connectivity index (χ3n) is 5.35. The summed E-state index contributed by atoms with van der Waals surface area (Å²) in [5, 5.41) is 5.54. The Labute approximate surface area is 182 Å². The first-order valence-electron chi connectivity index (χ1n) is 10.0. The van der Waals surface area contributed by atoms with Crippen molar-refractivity contribution in [3.05, 3.63) is 53.1 Å². The minimum absolute atomic E-state index is 0.0346. The summed E-state index contributed by atoms with van der Waals surface area (Å²) < 4.78 is 32.8. The van der Waals surface area contributed by atoms with Gasteiger partial charge >= 0.3 is 0 Å². The molecule has 0 radical (unpaired) electrons. The van der Waals surface area contributed by atoms with Gasteiger partial charge in [0.15, 0.2) is 0 Å². The van der Waals surface area contributed by atoms with Gasteiger partial charge in [0.1, 0.15) is 0 Å². The van der Waals surface area contributed by atoms with Crippen molar-refractivity contribution in [2.24, 2.45) is 0 Å². The number of hydrogen-bond donors (Lipinski definition) is 2. The van der Waals surface area contributed by atoms with Gasteiger partial charge < -0.3 is 15.4 Å². The number of anilines is 2. The maximum absolute atomic E-state index is 13.3. The highest BCUT2D eigenvalue weighted by Crippen LogP contribution is 2.27. The van der Waals surface area contributed by atoms with Gasteiger partial charge in [-0.25, -0.2) is 8.42 Å². The number of ether oxygens (including phenoxy) is 1. The Bertz CT molecular complexity index is 1100. The molecule has 0 saturated carbocycles. The van der Waals surface area contributed by atoms with E-state index >= 15 is 0 Å². The topological polar surface area (TPSA) is 105 Å². The fourth-order valence-corrected chi connectivity index (χ4v) is 4.81. The summed E-state index contributed by atoms with van der Waals surface area (Å²) >= 11 is 0. The number of amides is 2. The molecule has 31 heavy (non-hydrogen) atoms. The summed E-state index contributed by atoms with van der Waals surface area (Å²) in [7, 11) is -2.47. The van der Waals surface area contributed by atoms with Gasteiger partial charge in [-0.05, 0) is 61.2 Å². The second-order valence-electron chi connectivity index (χ2n) is 7.49. The van der Waals surface area contributed by atoms with Crippen LogP contribution in [0.15, 0.2) is 41.3 Å². The number of fused-ring (bicyclic) bond motifs is 1. The maximum Gasteiger partial charge on any atom is 0.243 e. The molecule has 3 rings (SSSR count). The van der Waals surface area contributed by atoms with Gasteiger partial charge in [0.05, 0.1) is 18.0 Å².